The van der Waals surface area contributed by atoms with Crippen LogP contribution in [0.5, 0.6) is 0 Å². The number of nitriles is 1. The second-order valence-electron chi connectivity index (χ2n) is 9.03. The number of nitrogens with two attached hydrogens (primary N) is 2. The lowest BCUT2D eigenvalue weighted by molar-refractivity contribution is 0.0730. The highest BCUT2D eigenvalue weighted by Gasteiger charge is 2.47. The number of hydrogen-bond acceptors (Lipinski definition) is 8. The smallest absolute Gasteiger partial charge is 0.410 e. The van der Waals surface area contributed by atoms with Crippen molar-refractivity contribution in [2.75, 3.05) is 13.1 Å². The number of rotatable bonds is 8. The monoisotopic (exact) mass is 496 g/mol. The van der Waals surface area contributed by atoms with Gasteiger partial charge in [-0.1, -0.05) is 30.3 Å². The van der Waals surface area contributed by atoms with Crippen LogP contribution in [0.4, 0.5) is 4.79 Å². The Balaban J connectivity index is 0.00000361. The summed E-state index contributed by atoms with van der Waals surface area (Å²) in [5.41, 5.74) is 7.53. The molecule has 0 spiro atoms. The Hall–Kier alpha value is -3.55. The molecule has 1 saturated heterocycles. The van der Waals surface area contributed by atoms with E-state index in [0.717, 1.165) is 18.4 Å². The molecule has 2 aliphatic rings. The normalized spacial score (nSPS) is 19.8. The van der Waals surface area contributed by atoms with Crippen LogP contribution in [0.3, 0.4) is 0 Å². The van der Waals surface area contributed by atoms with E-state index in [9.17, 15) is 14.9 Å². The molecule has 1 aliphatic heterocycles. The number of carbonyl (C=O) groups excluding carboxylic acids is 2. The first kappa shape index (κ1) is 24.6. The summed E-state index contributed by atoms with van der Waals surface area (Å²) < 4.78 is 5.52. The number of benzene rings is 1. The van der Waals surface area contributed by atoms with Crippen molar-refractivity contribution in [2.45, 2.75) is 43.9 Å². The average molecular weight is 497 g/mol. The minimum atomic E-state index is -0.744. The van der Waals surface area contributed by atoms with Gasteiger partial charge in [0.1, 0.15) is 12.1 Å². The maximum Gasteiger partial charge on any atom is 0.410 e. The van der Waals surface area contributed by atoms with Gasteiger partial charge in [0.15, 0.2) is 0 Å². The van der Waals surface area contributed by atoms with Crippen molar-refractivity contribution in [3.05, 3.63) is 70.2 Å². The number of nitrogens with zero attached hydrogens (tertiary/aromatic N) is 3. The molecule has 0 radical (unpaired) electrons. The maximum absolute atomic E-state index is 12.9. The quantitative estimate of drug-likeness (QED) is 0.377. The second-order valence-corrected chi connectivity index (χ2v) is 9.81. The molecule has 2 fully saturated rings. The van der Waals surface area contributed by atoms with E-state index in [4.69, 9.17) is 16.3 Å². The zero-order valence-corrected chi connectivity index (χ0v) is 20.2. The maximum atomic E-state index is 12.9. The number of nitrogens with one attached hydrogen (secondary N) is 1. The highest BCUT2D eigenvalue weighted by atomic mass is 32.1. The van der Waals surface area contributed by atoms with Crippen molar-refractivity contribution in [1.82, 2.24) is 15.2 Å². The van der Waals surface area contributed by atoms with E-state index in [1.54, 1.807) is 22.5 Å². The van der Waals surface area contributed by atoms with E-state index in [2.05, 4.69) is 11.4 Å². The third-order valence-corrected chi connectivity index (χ3v) is 7.22. The van der Waals surface area contributed by atoms with Crippen molar-refractivity contribution in [3.8, 4) is 6.07 Å². The van der Waals surface area contributed by atoms with E-state index in [0.29, 0.717) is 37.2 Å². The fourth-order valence-corrected chi connectivity index (χ4v) is 4.90. The first-order chi connectivity index (χ1) is 16.9. The molecule has 1 unspecified atom stereocenters. The van der Waals surface area contributed by atoms with Gasteiger partial charge in [0.2, 0.25) is 0 Å². The molecule has 4 rings (SSSR count). The highest BCUT2D eigenvalue weighted by Crippen LogP contribution is 2.39. The second kappa shape index (κ2) is 10.8. The number of piperidine rings is 1. The van der Waals surface area contributed by atoms with Gasteiger partial charge in [0, 0.05) is 37.7 Å². The molecule has 1 aromatic carbocycles. The zero-order valence-electron chi connectivity index (χ0n) is 19.4. The summed E-state index contributed by atoms with van der Waals surface area (Å²) in [7, 11) is 0. The summed E-state index contributed by atoms with van der Waals surface area (Å²) in [6.07, 6.45) is 3.99. The Morgan fingerprint density at radius 1 is 1.37 bits per heavy atom. The first-order valence-electron chi connectivity index (χ1n) is 11.6. The standard InChI is InChI=1S/C25H30N6O3S.H2/c26-17-25(9-10-25)31(28)14-21(27)22(29-23(32)20-8-12-35-16-20)19-7-4-11-30(13-19)24(33)34-15-18-5-2-1-3-6-18;/h1-3,5-6,8,12,14,16,19,22H,4,7,9-11,13,15,27-28H2,(H,29,32);1H/b21-14-;/t19?,22-;/m0./s1. The predicted molar refractivity (Wildman–Crippen MR) is 134 cm³/mol. The van der Waals surface area contributed by atoms with Crippen molar-refractivity contribution in [1.29, 1.82) is 5.26 Å². The topological polar surface area (TPSA) is 138 Å². The molecule has 0 bridgehead atoms. The number of thiophene rings is 1. The lowest BCUT2D eigenvalue weighted by Crippen LogP contribution is -2.52. The minimum absolute atomic E-state index is 0. The largest absolute Gasteiger partial charge is 0.445 e. The first-order valence-corrected chi connectivity index (χ1v) is 12.6. The number of hydrogen-bond donors (Lipinski definition) is 3. The SMILES string of the molecule is N#CC1(N(N)/C=C(\N)[C@@H](NC(=O)c2ccsc2)C2CCCN(C(=O)OCc3ccccc3)C2)CC1.[HH]. The minimum Gasteiger partial charge on any atom is -0.445 e. The third-order valence-electron chi connectivity index (χ3n) is 6.54. The van der Waals surface area contributed by atoms with Gasteiger partial charge in [0.05, 0.1) is 17.7 Å². The summed E-state index contributed by atoms with van der Waals surface area (Å²) in [6.45, 7) is 1.14. The van der Waals surface area contributed by atoms with E-state index in [1.165, 1.54) is 16.3 Å². The molecule has 1 saturated carbocycles. The molecule has 2 heterocycles. The average Bonchev–Trinajstić information content (AvgIpc) is 3.50. The summed E-state index contributed by atoms with van der Waals surface area (Å²) in [6, 6.07) is 12.9. The summed E-state index contributed by atoms with van der Waals surface area (Å²) >= 11 is 1.43. The number of likely N-dealkylation sites (tertiary alicyclic amines) is 1. The molecular formula is C25H32N6O3S. The van der Waals surface area contributed by atoms with Crippen molar-refractivity contribution < 1.29 is 15.8 Å². The van der Waals surface area contributed by atoms with Crippen LogP contribution in [0.25, 0.3) is 0 Å². The summed E-state index contributed by atoms with van der Waals surface area (Å²) in [5, 5.41) is 17.4. The highest BCUT2D eigenvalue weighted by molar-refractivity contribution is 7.08. The summed E-state index contributed by atoms with van der Waals surface area (Å²) in [5.74, 6) is 5.76. The Kier molecular flexibility index (Phi) is 7.58. The van der Waals surface area contributed by atoms with Crippen LogP contribution in [0, 0.1) is 17.2 Å². The van der Waals surface area contributed by atoms with Crippen LogP contribution in [0.15, 0.2) is 59.1 Å². The van der Waals surface area contributed by atoms with E-state index < -0.39 is 17.7 Å². The Morgan fingerprint density at radius 2 is 2.14 bits per heavy atom. The molecule has 9 nitrogen and oxygen atoms in total. The van der Waals surface area contributed by atoms with E-state index >= 15 is 0 Å². The molecule has 2 atom stereocenters. The van der Waals surface area contributed by atoms with Crippen molar-refractivity contribution >= 4 is 23.3 Å². The Morgan fingerprint density at radius 3 is 2.80 bits per heavy atom. The Labute approximate surface area is 210 Å². The van der Waals surface area contributed by atoms with Gasteiger partial charge in [-0.3, -0.25) is 9.80 Å². The van der Waals surface area contributed by atoms with Gasteiger partial charge >= 0.3 is 6.09 Å². The number of ether oxygens (including phenoxy) is 1. The van der Waals surface area contributed by atoms with E-state index in [-0.39, 0.29) is 19.9 Å². The van der Waals surface area contributed by atoms with Crippen molar-refractivity contribution in [3.63, 3.8) is 0 Å². The molecular weight excluding hydrogens is 464 g/mol. The Bertz CT molecular complexity index is 1100. The summed E-state index contributed by atoms with van der Waals surface area (Å²) in [4.78, 5) is 27.3. The molecule has 1 aliphatic carbocycles. The van der Waals surface area contributed by atoms with Gasteiger partial charge in [-0.15, -0.1) is 0 Å². The lowest BCUT2D eigenvalue weighted by Gasteiger charge is -2.37. The van der Waals surface area contributed by atoms with Gasteiger partial charge in [-0.25, -0.2) is 10.6 Å². The van der Waals surface area contributed by atoms with Gasteiger partial charge < -0.3 is 20.7 Å². The van der Waals surface area contributed by atoms with Gasteiger partial charge in [-0.05, 0) is 42.7 Å². The fraction of sp³-hybridized carbons (Fsp3) is 0.400. The number of hydrazine groups is 1. The molecule has 5 N–H and O–H groups in total. The molecule has 186 valence electrons. The van der Waals surface area contributed by atoms with E-state index in [1.807, 2.05) is 35.7 Å². The fourth-order valence-electron chi connectivity index (χ4n) is 4.26. The molecule has 2 aromatic rings. The van der Waals surface area contributed by atoms with Crippen LogP contribution < -0.4 is 16.9 Å². The van der Waals surface area contributed by atoms with Gasteiger partial charge in [0.25, 0.3) is 5.91 Å². The molecule has 10 heteroatoms. The lowest BCUT2D eigenvalue weighted by atomic mass is 9.88. The van der Waals surface area contributed by atoms with Crippen LogP contribution in [0.2, 0.25) is 0 Å². The van der Waals surface area contributed by atoms with Crippen LogP contribution in [-0.2, 0) is 11.3 Å². The number of amides is 2. The van der Waals surface area contributed by atoms with Crippen LogP contribution >= 0.6 is 11.3 Å². The predicted octanol–water partition coefficient (Wildman–Crippen LogP) is 3.17. The molecule has 2 amide bonds. The van der Waals surface area contributed by atoms with Gasteiger partial charge in [-0.2, -0.15) is 16.6 Å². The molecule has 35 heavy (non-hydrogen) atoms. The zero-order chi connectivity index (χ0) is 24.8. The third kappa shape index (κ3) is 5.93. The number of carbonyl (C=O) groups is 2. The van der Waals surface area contributed by atoms with Crippen molar-refractivity contribution in [2.24, 2.45) is 17.5 Å². The van der Waals surface area contributed by atoms with Crippen LogP contribution in [0.1, 0.15) is 43.0 Å². The van der Waals surface area contributed by atoms with Crippen LogP contribution in [-0.4, -0.2) is 46.6 Å². The molecule has 1 aromatic heterocycles.